The van der Waals surface area contributed by atoms with Crippen molar-refractivity contribution in [2.24, 2.45) is 0 Å². The van der Waals surface area contributed by atoms with Crippen molar-refractivity contribution in [2.75, 3.05) is 6.61 Å². The quantitative estimate of drug-likeness (QED) is 0.803. The lowest BCUT2D eigenvalue weighted by Crippen LogP contribution is -2.43. The molecule has 2 rings (SSSR count). The van der Waals surface area contributed by atoms with E-state index in [4.69, 9.17) is 4.74 Å². The van der Waals surface area contributed by atoms with E-state index in [9.17, 15) is 0 Å². The molecule has 0 aliphatic carbocycles. The van der Waals surface area contributed by atoms with Gasteiger partial charge in [-0.3, -0.25) is 5.01 Å². The van der Waals surface area contributed by atoms with Gasteiger partial charge in [0.15, 0.2) is 0 Å². The number of allylic oxidation sites excluding steroid dienone is 2. The molecule has 3 nitrogen and oxygen atoms in total. The van der Waals surface area contributed by atoms with Gasteiger partial charge >= 0.3 is 0 Å². The monoisotopic (exact) mass is 322 g/mol. The molecule has 0 radical (unpaired) electrons. The average Bonchev–Trinajstić information content (AvgIpc) is 2.23. The molecule has 1 N–H and O–H groups in total. The van der Waals surface area contributed by atoms with E-state index in [-0.39, 0.29) is 6.23 Å². The van der Waals surface area contributed by atoms with E-state index < -0.39 is 0 Å². The molecular formula is C9H12Br2N2O. The third-order valence-corrected chi connectivity index (χ3v) is 4.11. The van der Waals surface area contributed by atoms with Crippen LogP contribution in [0, 0.1) is 0 Å². The maximum absolute atomic E-state index is 5.65. The lowest BCUT2D eigenvalue weighted by atomic mass is 10.2. The summed E-state index contributed by atoms with van der Waals surface area (Å²) in [6.07, 6.45) is 7.55. The fourth-order valence-corrected chi connectivity index (χ4v) is 2.07. The van der Waals surface area contributed by atoms with Gasteiger partial charge in [0.2, 0.25) is 0 Å². The van der Waals surface area contributed by atoms with E-state index in [1.54, 1.807) is 0 Å². The molecule has 0 aromatic rings. The molecule has 14 heavy (non-hydrogen) atoms. The number of hydrogen-bond donors (Lipinski definition) is 1. The first-order valence-electron chi connectivity index (χ1n) is 4.67. The normalized spacial score (nSPS) is 27.9. The number of ether oxygens (including phenoxy) is 1. The van der Waals surface area contributed by atoms with Crippen molar-refractivity contribution in [3.05, 3.63) is 21.4 Å². The summed E-state index contributed by atoms with van der Waals surface area (Å²) < 4.78 is 7.71. The molecule has 0 amide bonds. The van der Waals surface area contributed by atoms with Crippen LogP contribution in [-0.4, -0.2) is 17.8 Å². The number of halogens is 2. The van der Waals surface area contributed by atoms with Crippen LogP contribution in [0.3, 0.4) is 0 Å². The van der Waals surface area contributed by atoms with E-state index >= 15 is 0 Å². The Labute approximate surface area is 100 Å². The Morgan fingerprint density at radius 1 is 1.36 bits per heavy atom. The summed E-state index contributed by atoms with van der Waals surface area (Å²) >= 11 is 6.89. The summed E-state index contributed by atoms with van der Waals surface area (Å²) in [5.41, 5.74) is 3.16. The van der Waals surface area contributed by atoms with Crippen molar-refractivity contribution in [1.82, 2.24) is 10.4 Å². The van der Waals surface area contributed by atoms with Crippen LogP contribution in [0.15, 0.2) is 21.4 Å². The molecule has 0 aromatic heterocycles. The molecule has 2 heterocycles. The van der Waals surface area contributed by atoms with Crippen molar-refractivity contribution in [3.8, 4) is 0 Å². The molecule has 0 bridgehead atoms. The zero-order chi connectivity index (χ0) is 9.97. The highest BCUT2D eigenvalue weighted by molar-refractivity contribution is 9.15. The number of hydrazine groups is 1. The van der Waals surface area contributed by atoms with Crippen LogP contribution in [0.5, 0.6) is 0 Å². The predicted octanol–water partition coefficient (Wildman–Crippen LogP) is 2.81. The maximum Gasteiger partial charge on any atom is 0.147 e. The van der Waals surface area contributed by atoms with Crippen LogP contribution < -0.4 is 5.43 Å². The molecule has 0 spiro atoms. The zero-order valence-corrected chi connectivity index (χ0v) is 10.8. The zero-order valence-electron chi connectivity index (χ0n) is 7.67. The molecule has 0 saturated carbocycles. The summed E-state index contributed by atoms with van der Waals surface area (Å²) in [6, 6.07) is 0. The van der Waals surface area contributed by atoms with Gasteiger partial charge in [-0.25, -0.2) is 0 Å². The predicted molar refractivity (Wildman–Crippen MR) is 62.6 cm³/mol. The molecule has 1 unspecified atom stereocenters. The highest BCUT2D eigenvalue weighted by Gasteiger charge is 2.21. The molecule has 5 heteroatoms. The van der Waals surface area contributed by atoms with E-state index in [0.29, 0.717) is 0 Å². The van der Waals surface area contributed by atoms with E-state index in [2.05, 4.69) is 37.3 Å². The number of nitrogens with zero attached hydrogens (tertiary/aromatic N) is 1. The van der Waals surface area contributed by atoms with Gasteiger partial charge in [0, 0.05) is 19.0 Å². The molecule has 1 atom stereocenters. The first-order valence-corrected chi connectivity index (χ1v) is 6.25. The van der Waals surface area contributed by atoms with E-state index in [1.807, 2.05) is 17.4 Å². The molecule has 0 aromatic carbocycles. The van der Waals surface area contributed by atoms with Crippen molar-refractivity contribution in [3.63, 3.8) is 0 Å². The van der Waals surface area contributed by atoms with Crippen LogP contribution in [0.2, 0.25) is 0 Å². The topological polar surface area (TPSA) is 24.5 Å². The smallest absolute Gasteiger partial charge is 0.147 e. The van der Waals surface area contributed by atoms with Gasteiger partial charge in [0.1, 0.15) is 6.23 Å². The van der Waals surface area contributed by atoms with Gasteiger partial charge in [-0.15, -0.1) is 0 Å². The Kier molecular flexibility index (Phi) is 3.52. The first-order chi connectivity index (χ1) is 6.77. The van der Waals surface area contributed by atoms with Gasteiger partial charge < -0.3 is 10.2 Å². The number of nitrogens with one attached hydrogen (secondary N) is 1. The van der Waals surface area contributed by atoms with E-state index in [1.165, 1.54) is 12.8 Å². The Hall–Kier alpha value is -0.000000000000000111. The first kappa shape index (κ1) is 10.5. The second kappa shape index (κ2) is 4.68. The van der Waals surface area contributed by atoms with Gasteiger partial charge in [-0.05, 0) is 51.1 Å². The molecule has 1 saturated heterocycles. The van der Waals surface area contributed by atoms with Crippen LogP contribution in [0.25, 0.3) is 0 Å². The highest BCUT2D eigenvalue weighted by atomic mass is 79.9. The Morgan fingerprint density at radius 3 is 2.86 bits per heavy atom. The lowest BCUT2D eigenvalue weighted by molar-refractivity contribution is -0.0796. The Morgan fingerprint density at radius 2 is 2.21 bits per heavy atom. The summed E-state index contributed by atoms with van der Waals surface area (Å²) in [4.78, 5) is 0. The van der Waals surface area contributed by atoms with Crippen LogP contribution in [0.1, 0.15) is 19.3 Å². The van der Waals surface area contributed by atoms with Crippen molar-refractivity contribution in [1.29, 1.82) is 0 Å². The second-order valence-corrected chi connectivity index (χ2v) is 5.04. The van der Waals surface area contributed by atoms with Crippen LogP contribution in [0.4, 0.5) is 0 Å². The van der Waals surface area contributed by atoms with Gasteiger partial charge in [0.25, 0.3) is 0 Å². The summed E-state index contributed by atoms with van der Waals surface area (Å²) in [7, 11) is 0. The fraction of sp³-hybridized carbons (Fsp3) is 0.556. The van der Waals surface area contributed by atoms with Gasteiger partial charge in [-0.1, -0.05) is 0 Å². The minimum absolute atomic E-state index is 0.160. The molecular weight excluding hydrogens is 312 g/mol. The third kappa shape index (κ3) is 2.32. The highest BCUT2D eigenvalue weighted by Crippen LogP contribution is 2.27. The number of hydrogen-bond acceptors (Lipinski definition) is 3. The van der Waals surface area contributed by atoms with Crippen molar-refractivity contribution >= 4 is 31.9 Å². The number of rotatable bonds is 1. The van der Waals surface area contributed by atoms with Crippen molar-refractivity contribution in [2.45, 2.75) is 25.5 Å². The summed E-state index contributed by atoms with van der Waals surface area (Å²) in [6.45, 7) is 0.860. The largest absolute Gasteiger partial charge is 0.357 e. The van der Waals surface area contributed by atoms with Gasteiger partial charge in [0.05, 0.1) is 8.96 Å². The van der Waals surface area contributed by atoms with Gasteiger partial charge in [-0.2, -0.15) is 0 Å². The summed E-state index contributed by atoms with van der Waals surface area (Å²) in [5.74, 6) is 0. The average molecular weight is 324 g/mol. The van der Waals surface area contributed by atoms with Crippen LogP contribution >= 0.6 is 31.9 Å². The maximum atomic E-state index is 5.65. The SMILES string of the molecule is BrC1=CNN(C2CCCCO2)C=C1Br. The second-order valence-electron chi connectivity index (χ2n) is 3.33. The summed E-state index contributed by atoms with van der Waals surface area (Å²) in [5, 5.41) is 1.99. The lowest BCUT2D eigenvalue weighted by Gasteiger charge is -2.34. The van der Waals surface area contributed by atoms with Crippen molar-refractivity contribution < 1.29 is 4.74 Å². The fourth-order valence-electron chi connectivity index (χ4n) is 1.53. The standard InChI is InChI=1S/C9H12Br2N2O/c10-7-5-12-13(6-8(7)11)9-3-1-2-4-14-9/h5-6,9,12H,1-4H2. The molecule has 2 aliphatic heterocycles. The molecule has 1 fully saturated rings. The Bertz CT molecular complexity index is 272. The molecule has 2 aliphatic rings. The minimum Gasteiger partial charge on any atom is -0.357 e. The third-order valence-electron chi connectivity index (χ3n) is 2.29. The van der Waals surface area contributed by atoms with Crippen LogP contribution in [-0.2, 0) is 4.74 Å². The minimum atomic E-state index is 0.160. The Balaban J connectivity index is 1.99. The molecule has 78 valence electrons. The van der Waals surface area contributed by atoms with E-state index in [0.717, 1.165) is 22.0 Å².